The van der Waals surface area contributed by atoms with Gasteiger partial charge in [0, 0.05) is 11.3 Å². The molecule has 0 spiro atoms. The fourth-order valence-corrected chi connectivity index (χ4v) is 7.37. The number of carbonyl (C=O) groups is 1. The number of fused-ring (bicyclic) bond motifs is 5. The zero-order valence-electron chi connectivity index (χ0n) is 19.3. The number of ether oxygens (including phenoxy) is 1. The second-order valence-electron chi connectivity index (χ2n) is 10.6. The summed E-state index contributed by atoms with van der Waals surface area (Å²) in [5.74, 6) is 4.30. The minimum Gasteiger partial charge on any atom is -0.489 e. The van der Waals surface area contributed by atoms with Gasteiger partial charge in [-0.25, -0.2) is 0 Å². The van der Waals surface area contributed by atoms with Gasteiger partial charge < -0.3 is 4.74 Å². The highest BCUT2D eigenvalue weighted by atomic mass is 16.5. The van der Waals surface area contributed by atoms with Crippen molar-refractivity contribution in [2.24, 2.45) is 29.1 Å². The van der Waals surface area contributed by atoms with Gasteiger partial charge in [0.2, 0.25) is 0 Å². The Morgan fingerprint density at radius 2 is 1.94 bits per heavy atom. The predicted octanol–water partition coefficient (Wildman–Crippen LogP) is 6.96. The normalized spacial score (nSPS) is 34.0. The molecule has 0 N–H and O–H groups in total. The summed E-state index contributed by atoms with van der Waals surface area (Å²) < 4.78 is 6.16. The van der Waals surface area contributed by atoms with E-state index in [2.05, 4.69) is 63.2 Å². The SMILES string of the molecule is CCC[C@@H]1Cc2cc(OCc3ccccc3)ccc2C2CC[C@]3(C)C(=O)[C@H](C)CC3C21. The van der Waals surface area contributed by atoms with E-state index in [9.17, 15) is 4.79 Å². The summed E-state index contributed by atoms with van der Waals surface area (Å²) in [6.45, 7) is 7.39. The van der Waals surface area contributed by atoms with Crippen LogP contribution in [0.25, 0.3) is 0 Å². The summed E-state index contributed by atoms with van der Waals surface area (Å²) in [5, 5.41) is 0. The van der Waals surface area contributed by atoms with Gasteiger partial charge >= 0.3 is 0 Å². The first-order valence-corrected chi connectivity index (χ1v) is 12.3. The van der Waals surface area contributed by atoms with E-state index in [-0.39, 0.29) is 11.3 Å². The average molecular weight is 417 g/mol. The maximum Gasteiger partial charge on any atom is 0.141 e. The summed E-state index contributed by atoms with van der Waals surface area (Å²) in [7, 11) is 0. The Balaban J connectivity index is 1.43. The first-order chi connectivity index (χ1) is 15.0. The molecule has 2 aromatic rings. The fraction of sp³-hybridized carbons (Fsp3) is 0.552. The molecule has 0 heterocycles. The minimum atomic E-state index is -0.0805. The molecule has 2 fully saturated rings. The average Bonchev–Trinajstić information content (AvgIpc) is 3.02. The molecule has 164 valence electrons. The largest absolute Gasteiger partial charge is 0.489 e. The van der Waals surface area contributed by atoms with Crippen LogP contribution in [0.1, 0.15) is 75.5 Å². The lowest BCUT2D eigenvalue weighted by atomic mass is 9.52. The number of rotatable bonds is 5. The molecule has 2 saturated carbocycles. The summed E-state index contributed by atoms with van der Waals surface area (Å²) in [4.78, 5) is 13.1. The van der Waals surface area contributed by atoms with E-state index < -0.39 is 0 Å². The van der Waals surface area contributed by atoms with Crippen LogP contribution in [-0.2, 0) is 17.8 Å². The van der Waals surface area contributed by atoms with Gasteiger partial charge in [-0.3, -0.25) is 4.79 Å². The van der Waals surface area contributed by atoms with Crippen molar-refractivity contribution in [3.63, 3.8) is 0 Å². The predicted molar refractivity (Wildman–Crippen MR) is 125 cm³/mol. The molecule has 6 atom stereocenters. The molecular weight excluding hydrogens is 380 g/mol. The third-order valence-corrected chi connectivity index (χ3v) is 8.79. The Bertz CT molecular complexity index is 948. The monoisotopic (exact) mass is 416 g/mol. The van der Waals surface area contributed by atoms with Crippen LogP contribution >= 0.6 is 0 Å². The van der Waals surface area contributed by atoms with Gasteiger partial charge in [-0.2, -0.15) is 0 Å². The standard InChI is InChI=1S/C29H36O2/c1-4-8-21-16-22-17-23(31-18-20-9-6-5-7-10-20)11-12-24(22)25-13-14-29(3)26(27(21)25)15-19(2)28(29)30/h5-7,9-12,17,19,21,25-27H,4,8,13-16,18H2,1-3H3/t19-,21-,25?,26?,27?,29+/m1/s1. The Morgan fingerprint density at radius 3 is 2.71 bits per heavy atom. The lowest BCUT2D eigenvalue weighted by Crippen LogP contribution is -2.46. The Morgan fingerprint density at radius 1 is 1.13 bits per heavy atom. The number of Topliss-reactive ketones (excluding diaryl/α,β-unsaturated/α-hetero) is 1. The molecule has 0 aliphatic heterocycles. The number of hydrogen-bond acceptors (Lipinski definition) is 2. The third-order valence-electron chi connectivity index (χ3n) is 8.79. The molecule has 2 aromatic carbocycles. The summed E-state index contributed by atoms with van der Waals surface area (Å²) in [5.41, 5.74) is 4.16. The van der Waals surface area contributed by atoms with E-state index in [0.29, 0.717) is 36.1 Å². The van der Waals surface area contributed by atoms with Crippen LogP contribution < -0.4 is 4.74 Å². The smallest absolute Gasteiger partial charge is 0.141 e. The molecule has 31 heavy (non-hydrogen) atoms. The van der Waals surface area contributed by atoms with Crippen molar-refractivity contribution in [3.8, 4) is 5.75 Å². The molecule has 0 saturated heterocycles. The van der Waals surface area contributed by atoms with Crippen molar-refractivity contribution in [3.05, 3.63) is 65.2 Å². The van der Waals surface area contributed by atoms with Gasteiger partial charge in [-0.15, -0.1) is 0 Å². The van der Waals surface area contributed by atoms with Gasteiger partial charge in [-0.1, -0.05) is 70.0 Å². The van der Waals surface area contributed by atoms with Crippen LogP contribution in [0, 0.1) is 29.1 Å². The van der Waals surface area contributed by atoms with E-state index in [0.717, 1.165) is 31.4 Å². The van der Waals surface area contributed by atoms with Gasteiger partial charge in [0.15, 0.2) is 0 Å². The summed E-state index contributed by atoms with van der Waals surface area (Å²) in [6, 6.07) is 17.2. The molecule has 0 aromatic heterocycles. The number of carbonyl (C=O) groups excluding carboxylic acids is 1. The van der Waals surface area contributed by atoms with Crippen molar-refractivity contribution >= 4 is 5.78 Å². The van der Waals surface area contributed by atoms with Crippen molar-refractivity contribution in [2.75, 3.05) is 0 Å². The highest BCUT2D eigenvalue weighted by Gasteiger charge is 2.58. The van der Waals surface area contributed by atoms with Crippen LogP contribution in [0.15, 0.2) is 48.5 Å². The summed E-state index contributed by atoms with van der Waals surface area (Å²) in [6.07, 6.45) is 6.96. The van der Waals surface area contributed by atoms with Gasteiger partial charge in [0.25, 0.3) is 0 Å². The quantitative estimate of drug-likeness (QED) is 0.526. The van der Waals surface area contributed by atoms with E-state index in [1.807, 2.05) is 6.07 Å². The fourth-order valence-electron chi connectivity index (χ4n) is 7.37. The van der Waals surface area contributed by atoms with Crippen molar-refractivity contribution < 1.29 is 9.53 Å². The molecule has 0 radical (unpaired) electrons. The Labute approximate surface area is 187 Å². The minimum absolute atomic E-state index is 0.0805. The van der Waals surface area contributed by atoms with E-state index >= 15 is 0 Å². The molecule has 2 nitrogen and oxygen atoms in total. The molecule has 3 unspecified atom stereocenters. The van der Waals surface area contributed by atoms with E-state index in [1.165, 1.54) is 24.0 Å². The van der Waals surface area contributed by atoms with Crippen LogP contribution in [0.4, 0.5) is 0 Å². The number of benzene rings is 2. The van der Waals surface area contributed by atoms with E-state index in [4.69, 9.17) is 4.74 Å². The zero-order chi connectivity index (χ0) is 21.6. The molecule has 2 heteroatoms. The van der Waals surface area contributed by atoms with Gasteiger partial charge in [0.1, 0.15) is 18.1 Å². The number of hydrogen-bond donors (Lipinski definition) is 0. The van der Waals surface area contributed by atoms with Crippen LogP contribution in [0.3, 0.4) is 0 Å². The molecule has 0 bridgehead atoms. The van der Waals surface area contributed by atoms with Gasteiger partial charge in [0.05, 0.1) is 0 Å². The Hall–Kier alpha value is -2.09. The molecule has 3 aliphatic carbocycles. The maximum atomic E-state index is 13.1. The summed E-state index contributed by atoms with van der Waals surface area (Å²) >= 11 is 0. The van der Waals surface area contributed by atoms with Crippen LogP contribution in [-0.4, -0.2) is 5.78 Å². The van der Waals surface area contributed by atoms with Crippen LogP contribution in [0.2, 0.25) is 0 Å². The molecule has 3 aliphatic rings. The molecular formula is C29H36O2. The molecule has 5 rings (SSSR count). The zero-order valence-corrected chi connectivity index (χ0v) is 19.3. The second kappa shape index (κ2) is 8.11. The van der Waals surface area contributed by atoms with Crippen molar-refractivity contribution in [1.29, 1.82) is 0 Å². The first kappa shape index (κ1) is 20.8. The third kappa shape index (κ3) is 3.52. The maximum absolute atomic E-state index is 13.1. The molecule has 0 amide bonds. The number of ketones is 1. The first-order valence-electron chi connectivity index (χ1n) is 12.3. The van der Waals surface area contributed by atoms with Gasteiger partial charge in [-0.05, 0) is 78.2 Å². The second-order valence-corrected chi connectivity index (χ2v) is 10.6. The van der Waals surface area contributed by atoms with E-state index in [1.54, 1.807) is 5.56 Å². The Kier molecular flexibility index (Phi) is 5.44. The van der Waals surface area contributed by atoms with Crippen molar-refractivity contribution in [1.82, 2.24) is 0 Å². The lowest BCUT2D eigenvalue weighted by Gasteiger charge is -2.51. The lowest BCUT2D eigenvalue weighted by molar-refractivity contribution is -0.132. The highest BCUT2D eigenvalue weighted by Crippen LogP contribution is 2.62. The van der Waals surface area contributed by atoms with Crippen LogP contribution in [0.5, 0.6) is 5.75 Å². The topological polar surface area (TPSA) is 26.3 Å². The van der Waals surface area contributed by atoms with Crippen molar-refractivity contribution in [2.45, 2.75) is 71.8 Å². The highest BCUT2D eigenvalue weighted by molar-refractivity contribution is 5.89.